The fourth-order valence-electron chi connectivity index (χ4n) is 3.81. The second-order valence-electron chi connectivity index (χ2n) is 7.58. The van der Waals surface area contributed by atoms with Crippen molar-refractivity contribution in [1.82, 2.24) is 4.90 Å². The first-order valence-corrected chi connectivity index (χ1v) is 9.09. The predicted octanol–water partition coefficient (Wildman–Crippen LogP) is 3.44. The summed E-state index contributed by atoms with van der Waals surface area (Å²) in [6.07, 6.45) is -3.51. The van der Waals surface area contributed by atoms with Crippen molar-refractivity contribution in [2.45, 2.75) is 33.1 Å². The Labute approximate surface area is 156 Å². The molecule has 5 nitrogen and oxygen atoms in total. The lowest BCUT2D eigenvalue weighted by Crippen LogP contribution is -2.45. The van der Waals surface area contributed by atoms with E-state index in [1.807, 2.05) is 13.8 Å². The Kier molecular flexibility index (Phi) is 5.35. The molecule has 2 unspecified atom stereocenters. The van der Waals surface area contributed by atoms with Gasteiger partial charge in [-0.1, -0.05) is 13.8 Å². The second-order valence-corrected chi connectivity index (χ2v) is 7.58. The van der Waals surface area contributed by atoms with E-state index < -0.39 is 6.36 Å². The molecule has 0 N–H and O–H groups in total. The molecular formula is C19H23F3N2O3. The number of nitrogens with zero attached hydrogens (tertiary/aromatic N) is 2. The van der Waals surface area contributed by atoms with Crippen LogP contribution < -0.4 is 9.64 Å². The van der Waals surface area contributed by atoms with Crippen LogP contribution in [0.1, 0.15) is 26.7 Å². The van der Waals surface area contributed by atoms with Gasteiger partial charge in [0.1, 0.15) is 5.75 Å². The van der Waals surface area contributed by atoms with Gasteiger partial charge in [-0.3, -0.25) is 9.59 Å². The van der Waals surface area contributed by atoms with Crippen molar-refractivity contribution in [2.24, 2.45) is 17.8 Å². The van der Waals surface area contributed by atoms with E-state index in [1.54, 1.807) is 9.80 Å². The van der Waals surface area contributed by atoms with Crippen molar-refractivity contribution in [3.8, 4) is 5.75 Å². The quantitative estimate of drug-likeness (QED) is 0.799. The summed E-state index contributed by atoms with van der Waals surface area (Å²) >= 11 is 0. The van der Waals surface area contributed by atoms with Crippen molar-refractivity contribution >= 4 is 17.5 Å². The molecular weight excluding hydrogens is 361 g/mol. The molecule has 148 valence electrons. The number of halogens is 3. The van der Waals surface area contributed by atoms with Gasteiger partial charge in [0.25, 0.3) is 0 Å². The molecule has 2 atom stereocenters. The summed E-state index contributed by atoms with van der Waals surface area (Å²) in [4.78, 5) is 28.6. The van der Waals surface area contributed by atoms with Gasteiger partial charge in [0.15, 0.2) is 0 Å². The molecule has 2 aliphatic heterocycles. The summed E-state index contributed by atoms with van der Waals surface area (Å²) in [6, 6.07) is 5.32. The predicted molar refractivity (Wildman–Crippen MR) is 93.1 cm³/mol. The number of likely N-dealkylation sites (tertiary alicyclic amines) is 1. The maximum atomic E-state index is 12.9. The Bertz CT molecular complexity index is 703. The van der Waals surface area contributed by atoms with Crippen molar-refractivity contribution in [1.29, 1.82) is 0 Å². The number of piperidine rings is 1. The van der Waals surface area contributed by atoms with Crippen molar-refractivity contribution in [3.63, 3.8) is 0 Å². The van der Waals surface area contributed by atoms with Gasteiger partial charge in [0, 0.05) is 31.7 Å². The van der Waals surface area contributed by atoms with E-state index in [0.29, 0.717) is 31.7 Å². The Morgan fingerprint density at radius 1 is 1.22 bits per heavy atom. The first kappa shape index (κ1) is 19.5. The minimum atomic E-state index is -4.74. The van der Waals surface area contributed by atoms with Crippen LogP contribution in [0.15, 0.2) is 24.3 Å². The minimum absolute atomic E-state index is 0.0735. The van der Waals surface area contributed by atoms with Crippen molar-refractivity contribution < 1.29 is 27.5 Å². The molecule has 1 aromatic carbocycles. The summed E-state index contributed by atoms with van der Waals surface area (Å²) in [6.45, 7) is 5.49. The highest BCUT2D eigenvalue weighted by Crippen LogP contribution is 2.35. The number of rotatable bonds is 4. The average Bonchev–Trinajstić information content (AvgIpc) is 2.99. The van der Waals surface area contributed by atoms with Gasteiger partial charge in [-0.05, 0) is 42.5 Å². The Morgan fingerprint density at radius 2 is 1.89 bits per heavy atom. The van der Waals surface area contributed by atoms with Gasteiger partial charge in [0.2, 0.25) is 11.8 Å². The summed E-state index contributed by atoms with van der Waals surface area (Å²) in [5.74, 6) is -0.147. The van der Waals surface area contributed by atoms with Crippen LogP contribution in [-0.4, -0.2) is 42.7 Å². The third kappa shape index (κ3) is 4.54. The number of hydrogen-bond acceptors (Lipinski definition) is 3. The van der Waals surface area contributed by atoms with Crippen molar-refractivity contribution in [2.75, 3.05) is 24.5 Å². The van der Waals surface area contributed by atoms with Gasteiger partial charge in [0.05, 0.1) is 5.92 Å². The van der Waals surface area contributed by atoms with Crippen LogP contribution in [0.2, 0.25) is 0 Å². The van der Waals surface area contributed by atoms with Crippen LogP contribution >= 0.6 is 0 Å². The van der Waals surface area contributed by atoms with Crippen molar-refractivity contribution in [3.05, 3.63) is 24.3 Å². The molecule has 1 aromatic rings. The normalized spacial score (nSPS) is 23.0. The number of amides is 2. The Hall–Kier alpha value is -2.25. The zero-order valence-corrected chi connectivity index (χ0v) is 15.3. The molecule has 3 rings (SSSR count). The van der Waals surface area contributed by atoms with E-state index in [9.17, 15) is 22.8 Å². The maximum absolute atomic E-state index is 12.9. The summed E-state index contributed by atoms with van der Waals surface area (Å²) < 4.78 is 40.7. The lowest BCUT2D eigenvalue weighted by atomic mass is 9.87. The second kappa shape index (κ2) is 7.40. The minimum Gasteiger partial charge on any atom is -0.406 e. The van der Waals surface area contributed by atoms with E-state index >= 15 is 0 Å². The third-order valence-corrected chi connectivity index (χ3v) is 5.07. The number of benzene rings is 1. The van der Waals surface area contributed by atoms with Crippen LogP contribution in [0.4, 0.5) is 18.9 Å². The van der Waals surface area contributed by atoms with E-state index in [2.05, 4.69) is 4.74 Å². The average molecular weight is 384 g/mol. The summed E-state index contributed by atoms with van der Waals surface area (Å²) in [5.41, 5.74) is 0.542. The molecule has 0 saturated carbocycles. The zero-order chi connectivity index (χ0) is 19.8. The fraction of sp³-hybridized carbons (Fsp3) is 0.579. The Morgan fingerprint density at radius 3 is 2.48 bits per heavy atom. The number of carbonyl (C=O) groups is 2. The van der Waals surface area contributed by atoms with E-state index in [-0.39, 0.29) is 35.3 Å². The lowest BCUT2D eigenvalue weighted by molar-refractivity contribution is -0.274. The maximum Gasteiger partial charge on any atom is 0.573 e. The highest BCUT2D eigenvalue weighted by atomic mass is 19.4. The molecule has 0 radical (unpaired) electrons. The topological polar surface area (TPSA) is 49.9 Å². The van der Waals surface area contributed by atoms with Crippen LogP contribution in [0, 0.1) is 17.8 Å². The first-order chi connectivity index (χ1) is 12.6. The largest absolute Gasteiger partial charge is 0.573 e. The molecule has 2 amide bonds. The SMILES string of the molecule is CC(C)CC(=O)N1CC2CCN(c3ccc(OC(F)(F)F)cc3)C(=O)C2C1. The molecule has 2 saturated heterocycles. The number of alkyl halides is 3. The Balaban J connectivity index is 1.67. The van der Waals surface area contributed by atoms with Gasteiger partial charge >= 0.3 is 6.36 Å². The van der Waals surface area contributed by atoms with Crippen LogP contribution in [0.3, 0.4) is 0 Å². The number of fused-ring (bicyclic) bond motifs is 1. The third-order valence-electron chi connectivity index (χ3n) is 5.07. The van der Waals surface area contributed by atoms with Gasteiger partial charge in [-0.15, -0.1) is 13.2 Å². The van der Waals surface area contributed by atoms with Gasteiger partial charge < -0.3 is 14.5 Å². The summed E-state index contributed by atoms with van der Waals surface area (Å²) in [5, 5.41) is 0. The molecule has 0 spiro atoms. The number of ether oxygens (including phenoxy) is 1. The smallest absolute Gasteiger partial charge is 0.406 e. The number of anilines is 1. The molecule has 27 heavy (non-hydrogen) atoms. The van der Waals surface area contributed by atoms with E-state index in [0.717, 1.165) is 6.42 Å². The van der Waals surface area contributed by atoms with E-state index in [1.165, 1.54) is 24.3 Å². The molecule has 2 heterocycles. The highest BCUT2D eigenvalue weighted by Gasteiger charge is 2.44. The molecule has 0 aromatic heterocycles. The highest BCUT2D eigenvalue weighted by molar-refractivity contribution is 5.97. The molecule has 8 heteroatoms. The first-order valence-electron chi connectivity index (χ1n) is 9.09. The van der Waals surface area contributed by atoms with Gasteiger partial charge in [-0.2, -0.15) is 0 Å². The lowest BCUT2D eigenvalue weighted by Gasteiger charge is -2.33. The van der Waals surface area contributed by atoms with Gasteiger partial charge in [-0.25, -0.2) is 0 Å². The molecule has 0 aliphatic carbocycles. The van der Waals surface area contributed by atoms with Crippen LogP contribution in [-0.2, 0) is 9.59 Å². The number of carbonyl (C=O) groups excluding carboxylic acids is 2. The molecule has 2 fully saturated rings. The monoisotopic (exact) mass is 384 g/mol. The van der Waals surface area contributed by atoms with E-state index in [4.69, 9.17) is 0 Å². The standard InChI is InChI=1S/C19H23F3N2O3/c1-12(2)9-17(25)23-10-13-7-8-24(18(26)16(13)11-23)14-3-5-15(6-4-14)27-19(20,21)22/h3-6,12-13,16H,7-11H2,1-2H3. The van der Waals surface area contributed by atoms with Crippen LogP contribution in [0.5, 0.6) is 5.75 Å². The van der Waals surface area contributed by atoms with Crippen LogP contribution in [0.25, 0.3) is 0 Å². The fourth-order valence-corrected chi connectivity index (χ4v) is 3.81. The number of hydrogen-bond donors (Lipinski definition) is 0. The zero-order valence-electron chi connectivity index (χ0n) is 15.3. The molecule has 2 aliphatic rings. The summed E-state index contributed by atoms with van der Waals surface area (Å²) in [7, 11) is 0. The molecule has 0 bridgehead atoms.